The first-order valence-corrected chi connectivity index (χ1v) is 11.9. The summed E-state index contributed by atoms with van der Waals surface area (Å²) in [5, 5.41) is 0. The SMILES string of the molecule is CC1(OC(=O)COc2ccc(B3OC(C)(C)C(C)(C)O3)cc2)C2CC3CC(C2)CC1C3. The van der Waals surface area contributed by atoms with Gasteiger partial charge in [0.25, 0.3) is 0 Å². The molecule has 1 saturated heterocycles. The van der Waals surface area contributed by atoms with Crippen LogP contribution in [0.4, 0.5) is 0 Å². The third-order valence-corrected chi connectivity index (χ3v) is 8.86. The summed E-state index contributed by atoms with van der Waals surface area (Å²) < 4.78 is 24.0. The lowest BCUT2D eigenvalue weighted by atomic mass is 9.50. The third kappa shape index (κ3) is 3.70. The monoisotopic (exact) mass is 426 g/mol. The highest BCUT2D eigenvalue weighted by atomic mass is 16.7. The van der Waals surface area contributed by atoms with Gasteiger partial charge in [0.2, 0.25) is 0 Å². The van der Waals surface area contributed by atoms with Crippen molar-refractivity contribution in [1.82, 2.24) is 0 Å². The Hall–Kier alpha value is -1.53. The quantitative estimate of drug-likeness (QED) is 0.524. The fourth-order valence-electron chi connectivity index (χ4n) is 6.40. The van der Waals surface area contributed by atoms with Gasteiger partial charge in [0.1, 0.15) is 11.4 Å². The van der Waals surface area contributed by atoms with Crippen molar-refractivity contribution in [2.75, 3.05) is 6.61 Å². The molecule has 0 N–H and O–H groups in total. The lowest BCUT2D eigenvalue weighted by molar-refractivity contribution is -0.204. The van der Waals surface area contributed by atoms with E-state index in [4.69, 9.17) is 18.8 Å². The lowest BCUT2D eigenvalue weighted by Crippen LogP contribution is -2.58. The van der Waals surface area contributed by atoms with Crippen molar-refractivity contribution in [2.24, 2.45) is 23.7 Å². The Bertz CT molecular complexity index is 802. The molecule has 4 bridgehead atoms. The van der Waals surface area contributed by atoms with Crippen LogP contribution in [0.1, 0.15) is 66.7 Å². The average molecular weight is 426 g/mol. The van der Waals surface area contributed by atoms with Crippen molar-refractivity contribution in [1.29, 1.82) is 0 Å². The number of hydrogen-bond donors (Lipinski definition) is 0. The van der Waals surface area contributed by atoms with Gasteiger partial charge in [-0.3, -0.25) is 0 Å². The minimum Gasteiger partial charge on any atom is -0.482 e. The minimum absolute atomic E-state index is 0.0578. The Labute approximate surface area is 186 Å². The van der Waals surface area contributed by atoms with Gasteiger partial charge in [0, 0.05) is 0 Å². The number of benzene rings is 1. The maximum absolute atomic E-state index is 12.6. The lowest BCUT2D eigenvalue weighted by Gasteiger charge is -2.59. The van der Waals surface area contributed by atoms with Crippen LogP contribution in [-0.4, -0.2) is 36.5 Å². The Morgan fingerprint density at radius 2 is 1.42 bits per heavy atom. The highest BCUT2D eigenvalue weighted by molar-refractivity contribution is 6.62. The van der Waals surface area contributed by atoms with E-state index >= 15 is 0 Å². The van der Waals surface area contributed by atoms with Crippen LogP contribution in [0.5, 0.6) is 5.75 Å². The van der Waals surface area contributed by atoms with E-state index in [1.165, 1.54) is 32.1 Å². The van der Waals surface area contributed by atoms with Crippen LogP contribution in [0.2, 0.25) is 0 Å². The van der Waals surface area contributed by atoms with Crippen molar-refractivity contribution < 1.29 is 23.6 Å². The molecule has 0 amide bonds. The van der Waals surface area contributed by atoms with Crippen LogP contribution >= 0.6 is 0 Å². The van der Waals surface area contributed by atoms with E-state index in [2.05, 4.69) is 6.92 Å². The number of rotatable bonds is 5. The molecule has 0 spiro atoms. The summed E-state index contributed by atoms with van der Waals surface area (Å²) in [7, 11) is -0.402. The van der Waals surface area contributed by atoms with E-state index < -0.39 is 7.12 Å². The molecule has 1 aromatic rings. The van der Waals surface area contributed by atoms with E-state index in [0.29, 0.717) is 17.6 Å². The van der Waals surface area contributed by atoms with Crippen LogP contribution < -0.4 is 10.2 Å². The molecule has 1 aliphatic heterocycles. The van der Waals surface area contributed by atoms with Gasteiger partial charge in [0.05, 0.1) is 11.2 Å². The average Bonchev–Trinajstić information content (AvgIpc) is 2.92. The molecule has 6 heteroatoms. The first-order valence-electron chi connectivity index (χ1n) is 11.9. The largest absolute Gasteiger partial charge is 0.494 e. The van der Waals surface area contributed by atoms with Crippen molar-refractivity contribution >= 4 is 18.6 Å². The van der Waals surface area contributed by atoms with Gasteiger partial charge in [-0.05, 0) is 108 Å². The second-order valence-electron chi connectivity index (χ2n) is 11.4. The van der Waals surface area contributed by atoms with Crippen LogP contribution in [0.3, 0.4) is 0 Å². The molecule has 4 aliphatic carbocycles. The molecule has 0 radical (unpaired) electrons. The minimum atomic E-state index is -0.402. The van der Waals surface area contributed by atoms with Gasteiger partial charge in [-0.15, -0.1) is 0 Å². The predicted molar refractivity (Wildman–Crippen MR) is 119 cm³/mol. The molecular formula is C25H35BO5. The first kappa shape index (κ1) is 21.3. The van der Waals surface area contributed by atoms with Gasteiger partial charge in [-0.1, -0.05) is 12.1 Å². The highest BCUT2D eigenvalue weighted by Crippen LogP contribution is 2.59. The van der Waals surface area contributed by atoms with Crippen molar-refractivity contribution in [3.05, 3.63) is 24.3 Å². The second kappa shape index (κ2) is 7.24. The Balaban J connectivity index is 1.16. The topological polar surface area (TPSA) is 54.0 Å². The van der Waals surface area contributed by atoms with Gasteiger partial charge in [-0.2, -0.15) is 0 Å². The molecule has 5 aliphatic rings. The Morgan fingerprint density at radius 1 is 0.903 bits per heavy atom. The number of hydrogen-bond acceptors (Lipinski definition) is 5. The normalized spacial score (nSPS) is 37.1. The summed E-state index contributed by atoms with van der Waals surface area (Å²) in [6.45, 7) is 10.3. The van der Waals surface area contributed by atoms with Crippen molar-refractivity contribution in [2.45, 2.75) is 83.5 Å². The summed E-state index contributed by atoms with van der Waals surface area (Å²) in [6.07, 6.45) is 6.27. The number of carbonyl (C=O) groups excluding carboxylic acids is 1. The predicted octanol–water partition coefficient (Wildman–Crippen LogP) is 4.12. The van der Waals surface area contributed by atoms with Crippen LogP contribution in [0, 0.1) is 23.7 Å². The standard InChI is InChI=1S/C25H35BO5/c1-23(2)24(3,4)31-26(30-23)20-6-8-21(9-7-20)28-15-22(27)29-25(5)18-11-16-10-17(13-18)14-19(25)12-16/h6-9,16-19H,10-15H2,1-5H3. The molecule has 6 rings (SSSR count). The number of carbonyl (C=O) groups is 1. The zero-order valence-electron chi connectivity index (χ0n) is 19.5. The highest BCUT2D eigenvalue weighted by Gasteiger charge is 2.57. The summed E-state index contributed by atoms with van der Waals surface area (Å²) >= 11 is 0. The van der Waals surface area contributed by atoms with E-state index in [9.17, 15) is 4.79 Å². The molecule has 31 heavy (non-hydrogen) atoms. The van der Waals surface area contributed by atoms with Crippen LogP contribution in [0.25, 0.3) is 0 Å². The Kier molecular flexibility index (Phi) is 4.98. The smallest absolute Gasteiger partial charge is 0.482 e. The van der Waals surface area contributed by atoms with Crippen LogP contribution in [0.15, 0.2) is 24.3 Å². The molecule has 1 aromatic carbocycles. The molecular weight excluding hydrogens is 391 g/mol. The molecule has 0 unspecified atom stereocenters. The number of ether oxygens (including phenoxy) is 2. The Morgan fingerprint density at radius 3 is 1.94 bits per heavy atom. The number of esters is 1. The maximum Gasteiger partial charge on any atom is 0.494 e. The molecule has 5 fully saturated rings. The van der Waals surface area contributed by atoms with Gasteiger partial charge in [0.15, 0.2) is 6.61 Å². The van der Waals surface area contributed by atoms with Gasteiger partial charge in [-0.25, -0.2) is 4.79 Å². The summed E-state index contributed by atoms with van der Waals surface area (Å²) in [6, 6.07) is 7.58. The fraction of sp³-hybridized carbons (Fsp3) is 0.720. The first-order chi connectivity index (χ1) is 14.6. The molecule has 168 valence electrons. The fourth-order valence-corrected chi connectivity index (χ4v) is 6.40. The van der Waals surface area contributed by atoms with Crippen LogP contribution in [-0.2, 0) is 18.8 Å². The molecule has 1 heterocycles. The van der Waals surface area contributed by atoms with Crippen molar-refractivity contribution in [3.8, 4) is 5.75 Å². The second-order valence-corrected chi connectivity index (χ2v) is 11.4. The summed E-state index contributed by atoms with van der Waals surface area (Å²) in [5.41, 5.74) is -0.112. The zero-order chi connectivity index (χ0) is 22.0. The molecule has 5 nitrogen and oxygen atoms in total. The molecule has 0 atom stereocenters. The maximum atomic E-state index is 12.6. The van der Waals surface area contributed by atoms with E-state index in [-0.39, 0.29) is 29.4 Å². The van der Waals surface area contributed by atoms with Gasteiger partial charge < -0.3 is 18.8 Å². The summed E-state index contributed by atoms with van der Waals surface area (Å²) in [4.78, 5) is 12.6. The van der Waals surface area contributed by atoms with E-state index in [1.807, 2.05) is 52.0 Å². The van der Waals surface area contributed by atoms with E-state index in [0.717, 1.165) is 17.3 Å². The van der Waals surface area contributed by atoms with E-state index in [1.54, 1.807) is 0 Å². The van der Waals surface area contributed by atoms with Crippen molar-refractivity contribution in [3.63, 3.8) is 0 Å². The van der Waals surface area contributed by atoms with Gasteiger partial charge >= 0.3 is 13.1 Å². The molecule has 0 aromatic heterocycles. The molecule has 4 saturated carbocycles. The summed E-state index contributed by atoms with van der Waals surface area (Å²) in [5.74, 6) is 3.14. The zero-order valence-corrected chi connectivity index (χ0v) is 19.5. The third-order valence-electron chi connectivity index (χ3n) is 8.86.